The van der Waals surface area contributed by atoms with Crippen LogP contribution >= 0.6 is 0 Å². The summed E-state index contributed by atoms with van der Waals surface area (Å²) < 4.78 is 4.97. The molecular weight excluding hydrogens is 264 g/mol. The van der Waals surface area contributed by atoms with E-state index < -0.39 is 17.9 Å². The number of likely N-dealkylation sites (tertiary alicyclic amines) is 1. The summed E-state index contributed by atoms with van der Waals surface area (Å²) in [5.74, 6) is -1.63. The fraction of sp³-hybridized carbons (Fsp3) is 0.462. The van der Waals surface area contributed by atoms with Gasteiger partial charge in [0.15, 0.2) is 5.76 Å². The molecule has 0 aliphatic carbocycles. The number of furan rings is 1. The van der Waals surface area contributed by atoms with Gasteiger partial charge in [0.1, 0.15) is 6.04 Å². The van der Waals surface area contributed by atoms with Crippen molar-refractivity contribution in [3.8, 4) is 0 Å². The molecular formula is C13H16N2O5. The Morgan fingerprint density at radius 1 is 1.50 bits per heavy atom. The first-order valence-electron chi connectivity index (χ1n) is 6.32. The van der Waals surface area contributed by atoms with Gasteiger partial charge < -0.3 is 19.3 Å². The van der Waals surface area contributed by atoms with Gasteiger partial charge in [-0.05, 0) is 25.0 Å². The lowest BCUT2D eigenvalue weighted by Crippen LogP contribution is -2.45. The number of carboxylic acids is 1. The van der Waals surface area contributed by atoms with Crippen molar-refractivity contribution in [1.29, 1.82) is 0 Å². The average molecular weight is 280 g/mol. The first-order valence-corrected chi connectivity index (χ1v) is 6.32. The second-order valence-electron chi connectivity index (χ2n) is 4.72. The second-order valence-corrected chi connectivity index (χ2v) is 4.72. The van der Waals surface area contributed by atoms with Gasteiger partial charge in [0.2, 0.25) is 5.91 Å². The van der Waals surface area contributed by atoms with Crippen molar-refractivity contribution < 1.29 is 23.9 Å². The topological polar surface area (TPSA) is 91.1 Å². The molecule has 1 aromatic rings. The van der Waals surface area contributed by atoms with Crippen molar-refractivity contribution in [2.75, 3.05) is 20.1 Å². The molecule has 108 valence electrons. The predicted octanol–water partition coefficient (Wildman–Crippen LogP) is 0.427. The fourth-order valence-electron chi connectivity index (χ4n) is 2.28. The standard InChI is InChI=1S/C13H16N2O5/c1-14(12(17)10-5-3-7-20-10)8-11(16)15-6-2-4-9(15)13(18)19/h3,5,7,9H,2,4,6,8H2,1H3,(H,18,19). The number of carbonyl (C=O) groups is 3. The molecule has 1 fully saturated rings. The maximum Gasteiger partial charge on any atom is 0.326 e. The third kappa shape index (κ3) is 2.81. The number of hydrogen-bond donors (Lipinski definition) is 1. The van der Waals surface area contributed by atoms with Gasteiger partial charge in [0.05, 0.1) is 12.8 Å². The van der Waals surface area contributed by atoms with Gasteiger partial charge >= 0.3 is 5.97 Å². The summed E-state index contributed by atoms with van der Waals surface area (Å²) in [6.07, 6.45) is 2.50. The minimum atomic E-state index is -1.00. The molecule has 7 nitrogen and oxygen atoms in total. The zero-order valence-electron chi connectivity index (χ0n) is 11.1. The average Bonchev–Trinajstić information content (AvgIpc) is 3.08. The summed E-state index contributed by atoms with van der Waals surface area (Å²) in [6, 6.07) is 2.32. The molecule has 2 amide bonds. The molecule has 0 aromatic carbocycles. The first-order chi connectivity index (χ1) is 9.50. The number of amides is 2. The second kappa shape index (κ2) is 5.77. The number of likely N-dealkylation sites (N-methyl/N-ethyl adjacent to an activating group) is 1. The number of carboxylic acid groups (broad SMARTS) is 1. The van der Waals surface area contributed by atoms with Crippen LogP contribution in [-0.2, 0) is 9.59 Å². The number of carbonyl (C=O) groups excluding carboxylic acids is 2. The van der Waals surface area contributed by atoms with Crippen molar-refractivity contribution in [3.63, 3.8) is 0 Å². The monoisotopic (exact) mass is 280 g/mol. The zero-order valence-corrected chi connectivity index (χ0v) is 11.1. The fourth-order valence-corrected chi connectivity index (χ4v) is 2.28. The molecule has 2 rings (SSSR count). The van der Waals surface area contributed by atoms with Crippen LogP contribution in [0.3, 0.4) is 0 Å². The van der Waals surface area contributed by atoms with E-state index in [0.29, 0.717) is 19.4 Å². The molecule has 2 heterocycles. The van der Waals surface area contributed by atoms with E-state index in [0.717, 1.165) is 0 Å². The van der Waals surface area contributed by atoms with Crippen molar-refractivity contribution in [2.24, 2.45) is 0 Å². The predicted molar refractivity (Wildman–Crippen MR) is 68.0 cm³/mol. The molecule has 1 aliphatic rings. The summed E-state index contributed by atoms with van der Waals surface area (Å²) in [5.41, 5.74) is 0. The molecule has 1 unspecified atom stereocenters. The molecule has 1 aliphatic heterocycles. The lowest BCUT2D eigenvalue weighted by atomic mass is 10.2. The molecule has 20 heavy (non-hydrogen) atoms. The van der Waals surface area contributed by atoms with E-state index in [2.05, 4.69) is 0 Å². The molecule has 1 saturated heterocycles. The van der Waals surface area contributed by atoms with Crippen LogP contribution in [0.4, 0.5) is 0 Å². The molecule has 1 atom stereocenters. The Balaban J connectivity index is 1.97. The van der Waals surface area contributed by atoms with Gasteiger partial charge in [-0.1, -0.05) is 0 Å². The Kier molecular flexibility index (Phi) is 4.07. The molecule has 7 heteroatoms. The summed E-state index contributed by atoms with van der Waals surface area (Å²) in [5, 5.41) is 9.04. The highest BCUT2D eigenvalue weighted by Gasteiger charge is 2.34. The van der Waals surface area contributed by atoms with Crippen molar-refractivity contribution in [2.45, 2.75) is 18.9 Å². The molecule has 1 N–H and O–H groups in total. The Labute approximate surface area is 115 Å². The normalized spacial score (nSPS) is 18.1. The van der Waals surface area contributed by atoms with Crippen LogP contribution in [0, 0.1) is 0 Å². The van der Waals surface area contributed by atoms with E-state index in [1.807, 2.05) is 0 Å². The molecule has 1 aromatic heterocycles. The zero-order chi connectivity index (χ0) is 14.7. The first kappa shape index (κ1) is 14.1. The van der Waals surface area contributed by atoms with E-state index >= 15 is 0 Å². The van der Waals surface area contributed by atoms with Crippen LogP contribution < -0.4 is 0 Å². The summed E-state index contributed by atoms with van der Waals surface area (Å²) in [6.45, 7) is 0.252. The van der Waals surface area contributed by atoms with Gasteiger partial charge in [-0.2, -0.15) is 0 Å². The minimum Gasteiger partial charge on any atom is -0.480 e. The lowest BCUT2D eigenvalue weighted by Gasteiger charge is -2.24. The molecule has 0 bridgehead atoms. The van der Waals surface area contributed by atoms with Crippen LogP contribution in [-0.4, -0.2) is 58.9 Å². The van der Waals surface area contributed by atoms with Gasteiger partial charge in [-0.25, -0.2) is 4.79 Å². The van der Waals surface area contributed by atoms with Crippen molar-refractivity contribution >= 4 is 17.8 Å². The highest BCUT2D eigenvalue weighted by atomic mass is 16.4. The number of hydrogen-bond acceptors (Lipinski definition) is 4. The van der Waals surface area contributed by atoms with E-state index in [9.17, 15) is 14.4 Å². The van der Waals surface area contributed by atoms with E-state index in [-0.39, 0.29) is 18.2 Å². The van der Waals surface area contributed by atoms with Gasteiger partial charge in [-0.3, -0.25) is 9.59 Å². The van der Waals surface area contributed by atoms with Crippen LogP contribution in [0.1, 0.15) is 23.4 Å². The largest absolute Gasteiger partial charge is 0.480 e. The SMILES string of the molecule is CN(CC(=O)N1CCCC1C(=O)O)C(=O)c1ccco1. The van der Waals surface area contributed by atoms with E-state index in [1.165, 1.54) is 29.2 Å². The summed E-state index contributed by atoms with van der Waals surface area (Å²) >= 11 is 0. The van der Waals surface area contributed by atoms with Crippen LogP contribution in [0.25, 0.3) is 0 Å². The third-order valence-corrected chi connectivity index (χ3v) is 3.31. The number of nitrogens with zero attached hydrogens (tertiary/aromatic N) is 2. The Morgan fingerprint density at radius 2 is 2.25 bits per heavy atom. The highest BCUT2D eigenvalue weighted by Crippen LogP contribution is 2.18. The minimum absolute atomic E-state index is 0.150. The Hall–Kier alpha value is -2.31. The molecule has 0 radical (unpaired) electrons. The van der Waals surface area contributed by atoms with Gasteiger partial charge in [0, 0.05) is 13.6 Å². The molecule has 0 spiro atoms. The summed E-state index contributed by atoms with van der Waals surface area (Å²) in [7, 11) is 1.48. The number of rotatable bonds is 4. The maximum absolute atomic E-state index is 12.1. The van der Waals surface area contributed by atoms with Crippen molar-refractivity contribution in [1.82, 2.24) is 9.80 Å². The third-order valence-electron chi connectivity index (χ3n) is 3.31. The van der Waals surface area contributed by atoms with Crippen LogP contribution in [0.2, 0.25) is 0 Å². The van der Waals surface area contributed by atoms with E-state index in [1.54, 1.807) is 6.07 Å². The van der Waals surface area contributed by atoms with Crippen LogP contribution in [0.5, 0.6) is 0 Å². The van der Waals surface area contributed by atoms with E-state index in [4.69, 9.17) is 9.52 Å². The Morgan fingerprint density at radius 3 is 2.85 bits per heavy atom. The summed E-state index contributed by atoms with van der Waals surface area (Å²) in [4.78, 5) is 37.6. The Bertz CT molecular complexity index is 511. The number of aliphatic carboxylic acids is 1. The maximum atomic E-state index is 12.1. The van der Waals surface area contributed by atoms with Gasteiger partial charge in [0.25, 0.3) is 5.91 Å². The van der Waals surface area contributed by atoms with Crippen molar-refractivity contribution in [3.05, 3.63) is 24.2 Å². The highest BCUT2D eigenvalue weighted by molar-refractivity contribution is 5.94. The van der Waals surface area contributed by atoms with Gasteiger partial charge in [-0.15, -0.1) is 0 Å². The quantitative estimate of drug-likeness (QED) is 0.863. The molecule has 0 saturated carbocycles. The van der Waals surface area contributed by atoms with Crippen LogP contribution in [0.15, 0.2) is 22.8 Å². The smallest absolute Gasteiger partial charge is 0.326 e. The lowest BCUT2D eigenvalue weighted by molar-refractivity contribution is -0.148.